The van der Waals surface area contributed by atoms with Gasteiger partial charge in [-0.1, -0.05) is 0 Å². The molecule has 0 aliphatic rings. The smallest absolute Gasteiger partial charge is 0.344 e. The summed E-state index contributed by atoms with van der Waals surface area (Å²) in [7, 11) is 0. The summed E-state index contributed by atoms with van der Waals surface area (Å²) < 4.78 is 51.0. The van der Waals surface area contributed by atoms with E-state index >= 15 is 0 Å². The molecule has 0 bridgehead atoms. The standard InChI is InChI=1S/C9H6F4N2/c1-4-5(10)2-6-8(15-3-14-6)7(4)9(11,12)13/h2-3H,1H3,(H,14,15). The maximum Gasteiger partial charge on any atom is 0.418 e. The first-order valence-electron chi connectivity index (χ1n) is 4.10. The molecular formula is C9H6F4N2. The zero-order valence-corrected chi connectivity index (χ0v) is 7.61. The van der Waals surface area contributed by atoms with Crippen LogP contribution in [-0.2, 0) is 6.18 Å². The van der Waals surface area contributed by atoms with E-state index in [0.29, 0.717) is 0 Å². The highest BCUT2D eigenvalue weighted by Gasteiger charge is 2.36. The van der Waals surface area contributed by atoms with Crippen LogP contribution in [0.4, 0.5) is 17.6 Å². The second-order valence-corrected chi connectivity index (χ2v) is 3.15. The first-order valence-corrected chi connectivity index (χ1v) is 4.10. The fourth-order valence-electron chi connectivity index (χ4n) is 1.49. The molecule has 0 atom stereocenters. The molecule has 0 fully saturated rings. The average Bonchev–Trinajstić information content (AvgIpc) is 2.50. The molecule has 0 unspecified atom stereocenters. The summed E-state index contributed by atoms with van der Waals surface area (Å²) in [5.74, 6) is -0.890. The van der Waals surface area contributed by atoms with Gasteiger partial charge in [-0.3, -0.25) is 0 Å². The van der Waals surface area contributed by atoms with Gasteiger partial charge in [-0.25, -0.2) is 9.37 Å². The zero-order chi connectivity index (χ0) is 11.2. The van der Waals surface area contributed by atoms with Gasteiger partial charge < -0.3 is 4.98 Å². The van der Waals surface area contributed by atoms with Gasteiger partial charge in [0.1, 0.15) is 11.3 Å². The fraction of sp³-hybridized carbons (Fsp3) is 0.222. The van der Waals surface area contributed by atoms with E-state index in [1.807, 2.05) is 0 Å². The average molecular weight is 218 g/mol. The first-order chi connectivity index (χ1) is 6.91. The lowest BCUT2D eigenvalue weighted by Gasteiger charge is -2.11. The third kappa shape index (κ3) is 1.45. The van der Waals surface area contributed by atoms with Gasteiger partial charge >= 0.3 is 6.18 Å². The summed E-state index contributed by atoms with van der Waals surface area (Å²) >= 11 is 0. The van der Waals surface area contributed by atoms with Crippen molar-refractivity contribution in [3.8, 4) is 0 Å². The predicted octanol–water partition coefficient (Wildman–Crippen LogP) is 3.03. The number of aromatic amines is 1. The number of alkyl halides is 3. The molecule has 0 saturated carbocycles. The number of hydrogen-bond donors (Lipinski definition) is 1. The largest absolute Gasteiger partial charge is 0.418 e. The molecule has 0 amide bonds. The van der Waals surface area contributed by atoms with E-state index in [1.165, 1.54) is 0 Å². The van der Waals surface area contributed by atoms with Crippen LogP contribution >= 0.6 is 0 Å². The second kappa shape index (κ2) is 2.95. The van der Waals surface area contributed by atoms with E-state index in [9.17, 15) is 17.6 Å². The topological polar surface area (TPSA) is 28.7 Å². The van der Waals surface area contributed by atoms with Gasteiger partial charge in [0, 0.05) is 0 Å². The monoisotopic (exact) mass is 218 g/mol. The van der Waals surface area contributed by atoms with Gasteiger partial charge in [-0.15, -0.1) is 0 Å². The van der Waals surface area contributed by atoms with Crippen LogP contribution in [0.2, 0.25) is 0 Å². The van der Waals surface area contributed by atoms with Crippen molar-refractivity contribution < 1.29 is 17.6 Å². The number of H-pyrrole nitrogens is 1. The number of nitrogens with one attached hydrogen (secondary N) is 1. The molecule has 80 valence electrons. The molecule has 6 heteroatoms. The normalized spacial score (nSPS) is 12.3. The molecule has 0 aliphatic heterocycles. The number of nitrogens with zero attached hydrogens (tertiary/aromatic N) is 1. The van der Waals surface area contributed by atoms with Crippen molar-refractivity contribution in [2.45, 2.75) is 13.1 Å². The molecule has 15 heavy (non-hydrogen) atoms. The summed E-state index contributed by atoms with van der Waals surface area (Å²) in [6, 6.07) is 1.01. The highest BCUT2D eigenvalue weighted by atomic mass is 19.4. The van der Waals surface area contributed by atoms with E-state index in [1.54, 1.807) is 0 Å². The molecule has 1 aromatic carbocycles. The summed E-state index contributed by atoms with van der Waals surface area (Å²) in [6.45, 7) is 1.09. The Morgan fingerprint density at radius 1 is 1.33 bits per heavy atom. The van der Waals surface area contributed by atoms with Gasteiger partial charge in [0.05, 0.1) is 17.4 Å². The van der Waals surface area contributed by atoms with Gasteiger partial charge in [-0.2, -0.15) is 13.2 Å². The van der Waals surface area contributed by atoms with Crippen molar-refractivity contribution in [3.05, 3.63) is 29.3 Å². The summed E-state index contributed by atoms with van der Waals surface area (Å²) in [6.07, 6.45) is -3.49. The highest BCUT2D eigenvalue weighted by molar-refractivity contribution is 5.80. The zero-order valence-electron chi connectivity index (χ0n) is 7.61. The molecule has 0 spiro atoms. The minimum absolute atomic E-state index is 0.0467. The van der Waals surface area contributed by atoms with E-state index in [2.05, 4.69) is 9.97 Å². The van der Waals surface area contributed by atoms with Crippen LogP contribution in [0.5, 0.6) is 0 Å². The third-order valence-corrected chi connectivity index (χ3v) is 2.19. The molecule has 0 aliphatic carbocycles. The Kier molecular flexibility index (Phi) is 1.95. The van der Waals surface area contributed by atoms with Crippen LogP contribution in [0.15, 0.2) is 12.4 Å². The van der Waals surface area contributed by atoms with Crippen LogP contribution in [0, 0.1) is 12.7 Å². The van der Waals surface area contributed by atoms with Gasteiger partial charge in [-0.05, 0) is 18.6 Å². The molecular weight excluding hydrogens is 212 g/mol. The minimum atomic E-state index is -4.60. The lowest BCUT2D eigenvalue weighted by Crippen LogP contribution is -2.10. The third-order valence-electron chi connectivity index (χ3n) is 2.19. The fourth-order valence-corrected chi connectivity index (χ4v) is 1.49. The minimum Gasteiger partial charge on any atom is -0.344 e. The molecule has 1 N–H and O–H groups in total. The Morgan fingerprint density at radius 2 is 2.00 bits per heavy atom. The molecule has 0 saturated heterocycles. The number of halogens is 4. The van der Waals surface area contributed by atoms with Crippen LogP contribution < -0.4 is 0 Å². The quantitative estimate of drug-likeness (QED) is 0.676. The number of rotatable bonds is 0. The Labute approximate surface area is 81.9 Å². The first kappa shape index (κ1) is 9.95. The van der Waals surface area contributed by atoms with Crippen LogP contribution in [0.3, 0.4) is 0 Å². The Hall–Kier alpha value is -1.59. The van der Waals surface area contributed by atoms with E-state index in [4.69, 9.17) is 0 Å². The second-order valence-electron chi connectivity index (χ2n) is 3.15. The van der Waals surface area contributed by atoms with Gasteiger partial charge in [0.25, 0.3) is 0 Å². The molecule has 1 heterocycles. The van der Waals surface area contributed by atoms with Crippen molar-refractivity contribution in [1.82, 2.24) is 9.97 Å². The SMILES string of the molecule is Cc1c(F)cc2[nH]cnc2c1C(F)(F)F. The maximum absolute atomic E-state index is 13.2. The Bertz CT molecular complexity index is 513. The Balaban J connectivity index is 2.90. The molecule has 2 rings (SSSR count). The van der Waals surface area contributed by atoms with Gasteiger partial charge in [0.15, 0.2) is 0 Å². The maximum atomic E-state index is 13.2. The van der Waals surface area contributed by atoms with Crippen molar-refractivity contribution >= 4 is 11.0 Å². The lowest BCUT2D eigenvalue weighted by atomic mass is 10.1. The summed E-state index contributed by atoms with van der Waals surface area (Å²) in [5, 5.41) is 0. The molecule has 2 nitrogen and oxygen atoms in total. The number of aromatic nitrogens is 2. The van der Waals surface area contributed by atoms with Crippen molar-refractivity contribution in [1.29, 1.82) is 0 Å². The summed E-state index contributed by atoms with van der Waals surface area (Å²) in [5.41, 5.74) is -1.65. The van der Waals surface area contributed by atoms with Crippen molar-refractivity contribution in [2.24, 2.45) is 0 Å². The highest BCUT2D eigenvalue weighted by Crippen LogP contribution is 2.36. The molecule has 0 radical (unpaired) electrons. The number of benzene rings is 1. The van der Waals surface area contributed by atoms with Crippen LogP contribution in [0.25, 0.3) is 11.0 Å². The van der Waals surface area contributed by atoms with Gasteiger partial charge in [0.2, 0.25) is 0 Å². The number of hydrogen-bond acceptors (Lipinski definition) is 1. The molecule has 2 aromatic rings. The van der Waals surface area contributed by atoms with Crippen LogP contribution in [0.1, 0.15) is 11.1 Å². The lowest BCUT2D eigenvalue weighted by molar-refractivity contribution is -0.137. The summed E-state index contributed by atoms with van der Waals surface area (Å²) in [4.78, 5) is 5.99. The number of fused-ring (bicyclic) bond motifs is 1. The predicted molar refractivity (Wildman–Crippen MR) is 45.8 cm³/mol. The molecule has 1 aromatic heterocycles. The van der Waals surface area contributed by atoms with E-state index < -0.39 is 23.1 Å². The number of imidazole rings is 1. The van der Waals surface area contributed by atoms with Crippen LogP contribution in [-0.4, -0.2) is 9.97 Å². The Morgan fingerprint density at radius 3 is 2.60 bits per heavy atom. The van der Waals surface area contributed by atoms with Crippen molar-refractivity contribution in [2.75, 3.05) is 0 Å². The van der Waals surface area contributed by atoms with Crippen molar-refractivity contribution in [3.63, 3.8) is 0 Å². The van der Waals surface area contributed by atoms with E-state index in [0.717, 1.165) is 19.3 Å². The van der Waals surface area contributed by atoms with E-state index in [-0.39, 0.29) is 11.0 Å².